The molecule has 3 rings (SSSR count). The Bertz CT molecular complexity index is 1120. The average Bonchev–Trinajstić information content (AvgIpc) is 3.12. The number of unbranched alkanes of at least 4 members (excludes halogenated alkanes) is 3. The monoisotopic (exact) mass is 663 g/mol. The predicted octanol–water partition coefficient (Wildman–Crippen LogP) is 6.55. The molecular formula is C28H44F3N3O2SSn. The molecule has 0 N–H and O–H groups in total. The van der Waals surface area contributed by atoms with E-state index in [1.54, 1.807) is 18.3 Å². The molecule has 0 atom stereocenters. The summed E-state index contributed by atoms with van der Waals surface area (Å²) in [5.74, 6) is 0. The quantitative estimate of drug-likeness (QED) is 0.229. The summed E-state index contributed by atoms with van der Waals surface area (Å²) in [4.78, 5) is 6.25. The summed E-state index contributed by atoms with van der Waals surface area (Å²) in [6.45, 7) is 6.24. The standard InChI is InChI=1S/C16H17F3N3O2S.3C4H9.Sn/c17-16(18,19)12-21-7-2-8-22(10-9-21)25(23,24)15-4-1-3-13-11-20-6-5-14(13)15;3*1-3-4-2;/h1,3-4,6,11H,2,7-10,12H2;3*1,3-4H2,2H3;. The molecule has 1 aromatic carbocycles. The van der Waals surface area contributed by atoms with Crippen LogP contribution in [-0.4, -0.2) is 79.9 Å². The van der Waals surface area contributed by atoms with E-state index in [1.807, 2.05) is 12.3 Å². The topological polar surface area (TPSA) is 53.5 Å². The minimum atomic E-state index is -4.29. The Morgan fingerprint density at radius 2 is 1.53 bits per heavy atom. The Labute approximate surface area is 231 Å². The molecule has 10 heteroatoms. The van der Waals surface area contributed by atoms with Crippen LogP contribution in [0.3, 0.4) is 0 Å². The van der Waals surface area contributed by atoms with Gasteiger partial charge in [0.15, 0.2) is 0 Å². The van der Waals surface area contributed by atoms with Gasteiger partial charge in [-0.1, -0.05) is 0 Å². The maximum absolute atomic E-state index is 14.2. The Balaban J connectivity index is 2.10. The molecule has 2 aromatic rings. The molecule has 1 fully saturated rings. The first-order valence-corrected chi connectivity index (χ1v) is 23.2. The summed E-state index contributed by atoms with van der Waals surface area (Å²) < 4.78 is 73.5. The van der Waals surface area contributed by atoms with Crippen LogP contribution in [0.4, 0.5) is 13.2 Å². The fraction of sp³-hybridized carbons (Fsp3) is 0.679. The van der Waals surface area contributed by atoms with Gasteiger partial charge in [-0.05, 0) is 0 Å². The Morgan fingerprint density at radius 1 is 0.895 bits per heavy atom. The molecule has 1 aliphatic rings. The summed E-state index contributed by atoms with van der Waals surface area (Å²) in [5.41, 5.74) is 0. The zero-order valence-electron chi connectivity index (χ0n) is 23.2. The summed E-state index contributed by atoms with van der Waals surface area (Å²) in [5, 5.41) is 1.68. The number of fused-ring (bicyclic) bond motifs is 1. The molecule has 214 valence electrons. The fourth-order valence-corrected chi connectivity index (χ4v) is 24.4. The molecule has 0 radical (unpaired) electrons. The molecule has 1 aromatic heterocycles. The van der Waals surface area contributed by atoms with Crippen LogP contribution in [-0.2, 0) is 10.0 Å². The first kappa shape index (κ1) is 31.6. The van der Waals surface area contributed by atoms with Gasteiger partial charge in [0.25, 0.3) is 0 Å². The maximum atomic E-state index is 14.2. The number of sulfonamides is 1. The Kier molecular flexibility index (Phi) is 11.8. The van der Waals surface area contributed by atoms with Crippen LogP contribution in [0.15, 0.2) is 35.5 Å². The second-order valence-electron chi connectivity index (χ2n) is 10.8. The van der Waals surface area contributed by atoms with Crippen molar-refractivity contribution in [3.8, 4) is 0 Å². The second kappa shape index (κ2) is 14.1. The predicted molar refractivity (Wildman–Crippen MR) is 152 cm³/mol. The van der Waals surface area contributed by atoms with E-state index in [9.17, 15) is 21.6 Å². The van der Waals surface area contributed by atoms with Crippen LogP contribution < -0.4 is 3.58 Å². The molecule has 2 heterocycles. The molecular weight excluding hydrogens is 618 g/mol. The molecule has 5 nitrogen and oxygen atoms in total. The summed E-state index contributed by atoms with van der Waals surface area (Å²) in [6, 6.07) is 5.43. The molecule has 1 saturated heterocycles. The van der Waals surface area contributed by atoms with Crippen LogP contribution in [0.5, 0.6) is 0 Å². The summed E-state index contributed by atoms with van der Waals surface area (Å²) >= 11 is -3.07. The number of alkyl halides is 3. The third-order valence-electron chi connectivity index (χ3n) is 7.91. The first-order valence-electron chi connectivity index (χ1n) is 14.2. The van der Waals surface area contributed by atoms with Crippen molar-refractivity contribution in [2.24, 2.45) is 0 Å². The number of rotatable bonds is 13. The number of hydrogen-bond acceptors (Lipinski definition) is 4. The summed E-state index contributed by atoms with van der Waals surface area (Å²) in [6.07, 6.45) is 6.61. The zero-order valence-corrected chi connectivity index (χ0v) is 26.9. The van der Waals surface area contributed by atoms with Gasteiger partial charge in [0, 0.05) is 0 Å². The number of pyridine rings is 1. The van der Waals surface area contributed by atoms with Gasteiger partial charge in [0.1, 0.15) is 0 Å². The normalized spacial score (nSPS) is 16.7. The number of aromatic nitrogens is 1. The second-order valence-corrected chi connectivity index (χ2v) is 25.8. The van der Waals surface area contributed by atoms with Crippen molar-refractivity contribution in [1.82, 2.24) is 14.2 Å². The molecule has 0 aliphatic carbocycles. The van der Waals surface area contributed by atoms with E-state index in [4.69, 9.17) is 0 Å². The molecule has 0 bridgehead atoms. The van der Waals surface area contributed by atoms with Crippen LogP contribution in [0.2, 0.25) is 13.3 Å². The van der Waals surface area contributed by atoms with Gasteiger partial charge in [0.05, 0.1) is 0 Å². The van der Waals surface area contributed by atoms with Gasteiger partial charge in [-0.2, -0.15) is 0 Å². The van der Waals surface area contributed by atoms with Crippen LogP contribution >= 0.6 is 0 Å². The Morgan fingerprint density at radius 3 is 2.11 bits per heavy atom. The SMILES string of the molecule is CCC[CH2][Sn]([CH2]CCC)([CH2]CCC)[c]1cncc2cccc(S(=O)(=O)N3CCCN(CC(F)(F)F)CC3)c12. The molecule has 1 aliphatic heterocycles. The van der Waals surface area contributed by atoms with Crippen LogP contribution in [0.1, 0.15) is 65.7 Å². The average molecular weight is 662 g/mol. The third-order valence-corrected chi connectivity index (χ3v) is 25.4. The van der Waals surface area contributed by atoms with Crippen molar-refractivity contribution in [2.75, 3.05) is 32.7 Å². The van der Waals surface area contributed by atoms with Crippen molar-refractivity contribution in [2.45, 2.75) is 90.1 Å². The van der Waals surface area contributed by atoms with Crippen molar-refractivity contribution in [3.05, 3.63) is 30.6 Å². The summed E-state index contributed by atoms with van der Waals surface area (Å²) in [7, 11) is -3.89. The van der Waals surface area contributed by atoms with Gasteiger partial charge >= 0.3 is 232 Å². The van der Waals surface area contributed by atoms with Crippen molar-refractivity contribution >= 4 is 42.8 Å². The van der Waals surface area contributed by atoms with E-state index in [0.29, 0.717) is 11.3 Å². The molecule has 0 spiro atoms. The van der Waals surface area contributed by atoms with Crippen molar-refractivity contribution in [1.29, 1.82) is 0 Å². The Hall–Kier alpha value is -0.911. The van der Waals surface area contributed by atoms with Crippen LogP contribution in [0.25, 0.3) is 10.8 Å². The fourth-order valence-electron chi connectivity index (χ4n) is 5.88. The van der Waals surface area contributed by atoms with Gasteiger partial charge in [-0.15, -0.1) is 0 Å². The molecule has 0 unspecified atom stereocenters. The van der Waals surface area contributed by atoms with E-state index in [1.165, 1.54) is 26.1 Å². The molecule has 0 saturated carbocycles. The third kappa shape index (κ3) is 7.85. The minimum absolute atomic E-state index is 0.0607. The van der Waals surface area contributed by atoms with E-state index in [2.05, 4.69) is 25.8 Å². The number of nitrogens with zero attached hydrogens (tertiary/aromatic N) is 3. The molecule has 38 heavy (non-hydrogen) atoms. The number of halogens is 3. The van der Waals surface area contributed by atoms with Gasteiger partial charge in [0.2, 0.25) is 0 Å². The van der Waals surface area contributed by atoms with E-state index in [-0.39, 0.29) is 26.2 Å². The number of benzene rings is 1. The van der Waals surface area contributed by atoms with E-state index in [0.717, 1.165) is 49.3 Å². The van der Waals surface area contributed by atoms with Gasteiger partial charge in [-0.25, -0.2) is 0 Å². The van der Waals surface area contributed by atoms with Gasteiger partial charge in [-0.3, -0.25) is 0 Å². The van der Waals surface area contributed by atoms with Gasteiger partial charge < -0.3 is 0 Å². The van der Waals surface area contributed by atoms with E-state index >= 15 is 0 Å². The van der Waals surface area contributed by atoms with Crippen LogP contribution in [0, 0.1) is 0 Å². The van der Waals surface area contributed by atoms with Crippen molar-refractivity contribution < 1.29 is 21.6 Å². The van der Waals surface area contributed by atoms with E-state index < -0.39 is 41.1 Å². The molecule has 0 amide bonds. The van der Waals surface area contributed by atoms with Crippen molar-refractivity contribution in [3.63, 3.8) is 0 Å². The zero-order chi connectivity index (χ0) is 27.8. The number of hydrogen-bond donors (Lipinski definition) is 0. The first-order chi connectivity index (χ1) is 18.1.